The zero-order valence-corrected chi connectivity index (χ0v) is 11.3. The third-order valence-corrected chi connectivity index (χ3v) is 2.95. The molecule has 6 heteroatoms. The van der Waals surface area contributed by atoms with Crippen LogP contribution in [0.3, 0.4) is 0 Å². The van der Waals surface area contributed by atoms with Crippen molar-refractivity contribution in [2.45, 2.75) is 0 Å². The number of amides is 1. The molecule has 1 aromatic carbocycles. The van der Waals surface area contributed by atoms with Gasteiger partial charge in [-0.3, -0.25) is 14.8 Å². The van der Waals surface area contributed by atoms with Crippen LogP contribution in [0, 0.1) is 0 Å². The van der Waals surface area contributed by atoms with Crippen molar-refractivity contribution in [3.8, 4) is 0 Å². The molecule has 0 aliphatic carbocycles. The second kappa shape index (κ2) is 6.93. The van der Waals surface area contributed by atoms with Gasteiger partial charge in [0.15, 0.2) is 0 Å². The van der Waals surface area contributed by atoms with Crippen LogP contribution in [0.5, 0.6) is 0 Å². The topological polar surface area (TPSA) is 75.6 Å². The van der Waals surface area contributed by atoms with E-state index in [9.17, 15) is 4.79 Å². The first-order valence-electron chi connectivity index (χ1n) is 6.36. The van der Waals surface area contributed by atoms with E-state index in [1.54, 1.807) is 36.5 Å². The molecule has 1 aromatic heterocycles. The van der Waals surface area contributed by atoms with Crippen LogP contribution in [0.1, 0.15) is 10.4 Å². The van der Waals surface area contributed by atoms with Crippen molar-refractivity contribution < 1.29 is 14.6 Å². The molecule has 2 aromatic rings. The van der Waals surface area contributed by atoms with Crippen LogP contribution in [0.2, 0.25) is 0 Å². The molecule has 0 atom stereocenters. The number of hydrogen-bond donors (Lipinski definition) is 1. The Labute approximate surface area is 117 Å². The smallest absolute Gasteiger partial charge is 0.256 e. The maximum atomic E-state index is 12.5. The lowest BCUT2D eigenvalue weighted by molar-refractivity contribution is 0.0658. The molecular weight excluding hydrogens is 258 g/mol. The van der Waals surface area contributed by atoms with Crippen LogP contribution < -0.4 is 0 Å². The highest BCUT2D eigenvalue weighted by Gasteiger charge is 2.18. The van der Waals surface area contributed by atoms with E-state index in [4.69, 9.17) is 9.84 Å². The largest absolute Gasteiger partial charge is 0.395 e. The van der Waals surface area contributed by atoms with E-state index in [1.807, 2.05) is 6.07 Å². The van der Waals surface area contributed by atoms with Crippen LogP contribution in [0.15, 0.2) is 30.6 Å². The molecule has 2 rings (SSSR count). The third kappa shape index (κ3) is 3.09. The van der Waals surface area contributed by atoms with Crippen molar-refractivity contribution in [2.75, 3.05) is 33.4 Å². The average molecular weight is 275 g/mol. The van der Waals surface area contributed by atoms with E-state index in [2.05, 4.69) is 9.97 Å². The molecule has 0 spiro atoms. The zero-order valence-electron chi connectivity index (χ0n) is 11.3. The summed E-state index contributed by atoms with van der Waals surface area (Å²) in [6.07, 6.45) is 3.15. The number of para-hydroxylation sites is 1. The van der Waals surface area contributed by atoms with Gasteiger partial charge in [-0.25, -0.2) is 0 Å². The first kappa shape index (κ1) is 14.4. The number of hydrogen-bond acceptors (Lipinski definition) is 5. The van der Waals surface area contributed by atoms with Crippen molar-refractivity contribution in [1.82, 2.24) is 14.9 Å². The zero-order chi connectivity index (χ0) is 14.4. The number of fused-ring (bicyclic) bond motifs is 1. The van der Waals surface area contributed by atoms with Crippen LogP contribution in [-0.4, -0.2) is 59.3 Å². The number of nitrogens with zero attached hydrogens (tertiary/aromatic N) is 3. The van der Waals surface area contributed by atoms with Crippen LogP contribution in [0.25, 0.3) is 11.0 Å². The number of benzene rings is 1. The molecule has 0 saturated heterocycles. The van der Waals surface area contributed by atoms with Gasteiger partial charge in [0.2, 0.25) is 0 Å². The standard InChI is InChI=1S/C14H17N3O3/c1-20-10-8-17(7-9-18)14(19)11-3-2-4-12-13(11)16-6-5-15-12/h2-6,18H,7-10H2,1H3. The first-order chi connectivity index (χ1) is 9.77. The van der Waals surface area contributed by atoms with Crippen LogP contribution in [0.4, 0.5) is 0 Å². The second-order valence-electron chi connectivity index (χ2n) is 4.24. The van der Waals surface area contributed by atoms with Crippen LogP contribution >= 0.6 is 0 Å². The molecule has 6 nitrogen and oxygen atoms in total. The van der Waals surface area contributed by atoms with Crippen molar-refractivity contribution >= 4 is 16.9 Å². The highest BCUT2D eigenvalue weighted by molar-refractivity contribution is 6.04. The van der Waals surface area contributed by atoms with Crippen LogP contribution in [-0.2, 0) is 4.74 Å². The number of aliphatic hydroxyl groups is 1. The fourth-order valence-corrected chi connectivity index (χ4v) is 1.97. The Balaban J connectivity index is 2.33. The van der Waals surface area contributed by atoms with Gasteiger partial charge in [0.25, 0.3) is 5.91 Å². The summed E-state index contributed by atoms with van der Waals surface area (Å²) in [6, 6.07) is 5.30. The van der Waals surface area contributed by atoms with Crippen molar-refractivity contribution in [3.05, 3.63) is 36.2 Å². The Morgan fingerprint density at radius 2 is 2.10 bits per heavy atom. The maximum Gasteiger partial charge on any atom is 0.256 e. The molecule has 0 saturated carbocycles. The number of aliphatic hydroxyl groups excluding tert-OH is 1. The fourth-order valence-electron chi connectivity index (χ4n) is 1.97. The van der Waals surface area contributed by atoms with E-state index in [0.29, 0.717) is 29.7 Å². The Morgan fingerprint density at radius 3 is 2.85 bits per heavy atom. The van der Waals surface area contributed by atoms with Gasteiger partial charge in [-0.05, 0) is 12.1 Å². The fraction of sp³-hybridized carbons (Fsp3) is 0.357. The van der Waals surface area contributed by atoms with Gasteiger partial charge in [0.1, 0.15) is 5.52 Å². The molecule has 0 aliphatic heterocycles. The average Bonchev–Trinajstić information content (AvgIpc) is 2.50. The molecule has 1 heterocycles. The quantitative estimate of drug-likeness (QED) is 0.840. The number of rotatable bonds is 6. The Morgan fingerprint density at radius 1 is 1.30 bits per heavy atom. The van der Waals surface area contributed by atoms with Gasteiger partial charge in [-0.1, -0.05) is 6.07 Å². The van der Waals surface area contributed by atoms with Gasteiger partial charge in [0, 0.05) is 32.6 Å². The number of carbonyl (C=O) groups excluding carboxylic acids is 1. The summed E-state index contributed by atoms with van der Waals surface area (Å²) < 4.78 is 4.99. The maximum absolute atomic E-state index is 12.5. The minimum atomic E-state index is -0.179. The molecule has 1 amide bonds. The van der Waals surface area contributed by atoms with E-state index >= 15 is 0 Å². The molecule has 106 valence electrons. The Kier molecular flexibility index (Phi) is 4.97. The molecule has 20 heavy (non-hydrogen) atoms. The summed E-state index contributed by atoms with van der Waals surface area (Å²) in [6.45, 7) is 1.01. The molecule has 0 aliphatic rings. The number of ether oxygens (including phenoxy) is 1. The summed E-state index contributed by atoms with van der Waals surface area (Å²) in [7, 11) is 1.57. The lowest BCUT2D eigenvalue weighted by Gasteiger charge is -2.21. The highest BCUT2D eigenvalue weighted by atomic mass is 16.5. The first-order valence-corrected chi connectivity index (χ1v) is 6.36. The summed E-state index contributed by atoms with van der Waals surface area (Å²) in [5.74, 6) is -0.179. The predicted octanol–water partition coefficient (Wildman–Crippen LogP) is 0.711. The van der Waals surface area contributed by atoms with Crippen molar-refractivity contribution in [1.29, 1.82) is 0 Å². The highest BCUT2D eigenvalue weighted by Crippen LogP contribution is 2.15. The summed E-state index contributed by atoms with van der Waals surface area (Å²) >= 11 is 0. The lowest BCUT2D eigenvalue weighted by Crippen LogP contribution is -2.36. The molecular formula is C14H17N3O3. The van der Waals surface area contributed by atoms with E-state index in [0.717, 1.165) is 0 Å². The minimum absolute atomic E-state index is 0.0914. The lowest BCUT2D eigenvalue weighted by atomic mass is 10.1. The summed E-state index contributed by atoms with van der Waals surface area (Å²) in [5, 5.41) is 9.08. The van der Waals surface area contributed by atoms with Gasteiger partial charge in [-0.2, -0.15) is 0 Å². The van der Waals surface area contributed by atoms with E-state index < -0.39 is 0 Å². The number of aromatic nitrogens is 2. The monoisotopic (exact) mass is 275 g/mol. The summed E-state index contributed by atoms with van der Waals surface area (Å²) in [5.41, 5.74) is 1.73. The van der Waals surface area contributed by atoms with Gasteiger partial charge < -0.3 is 14.7 Å². The molecule has 0 fully saturated rings. The molecule has 0 bridgehead atoms. The Hall–Kier alpha value is -2.05. The van der Waals surface area contributed by atoms with Gasteiger partial charge >= 0.3 is 0 Å². The van der Waals surface area contributed by atoms with Crippen molar-refractivity contribution in [2.24, 2.45) is 0 Å². The third-order valence-electron chi connectivity index (χ3n) is 2.95. The Bertz CT molecular complexity index is 583. The van der Waals surface area contributed by atoms with Gasteiger partial charge in [-0.15, -0.1) is 0 Å². The number of carbonyl (C=O) groups is 1. The molecule has 0 radical (unpaired) electrons. The van der Waals surface area contributed by atoms with Gasteiger partial charge in [0.05, 0.1) is 24.3 Å². The normalized spacial score (nSPS) is 10.7. The second-order valence-corrected chi connectivity index (χ2v) is 4.24. The van der Waals surface area contributed by atoms with Crippen molar-refractivity contribution in [3.63, 3.8) is 0 Å². The predicted molar refractivity (Wildman–Crippen MR) is 74.4 cm³/mol. The minimum Gasteiger partial charge on any atom is -0.395 e. The van der Waals surface area contributed by atoms with E-state index in [1.165, 1.54) is 0 Å². The summed E-state index contributed by atoms with van der Waals surface area (Å²) in [4.78, 5) is 22.5. The molecule has 1 N–H and O–H groups in total. The number of methoxy groups -OCH3 is 1. The molecule has 0 unspecified atom stereocenters. The van der Waals surface area contributed by atoms with E-state index in [-0.39, 0.29) is 19.1 Å². The SMILES string of the molecule is COCCN(CCO)C(=O)c1cccc2nccnc12.